The number of nitrogens with two attached hydrogens (primary N) is 1. The Morgan fingerprint density at radius 1 is 1.20 bits per heavy atom. The van der Waals surface area contributed by atoms with E-state index in [0.29, 0.717) is 13.0 Å². The number of nitrogen functional groups attached to an aromatic ring is 1. The van der Waals surface area contributed by atoms with Gasteiger partial charge in [-0.25, -0.2) is 19.2 Å². The lowest BCUT2D eigenvalue weighted by Crippen LogP contribution is -2.30. The van der Waals surface area contributed by atoms with E-state index in [4.69, 9.17) is 15.2 Å². The van der Waals surface area contributed by atoms with Crippen molar-refractivity contribution in [3.8, 4) is 0 Å². The Kier molecular flexibility index (Phi) is 9.01. The summed E-state index contributed by atoms with van der Waals surface area (Å²) in [6.45, 7) is 1.77. The van der Waals surface area contributed by atoms with Crippen LogP contribution < -0.4 is 11.1 Å². The summed E-state index contributed by atoms with van der Waals surface area (Å²) < 4.78 is 22.5. The van der Waals surface area contributed by atoms with Crippen LogP contribution in [0.15, 0.2) is 35.6 Å². The number of nitrogens with one attached hydrogen (secondary N) is 1. The third-order valence-corrected chi connectivity index (χ3v) is 4.46. The van der Waals surface area contributed by atoms with Crippen LogP contribution in [0.25, 0.3) is 0 Å². The molecule has 3 N–H and O–H groups in total. The van der Waals surface area contributed by atoms with Gasteiger partial charge in [-0.05, 0) is 31.0 Å². The second kappa shape index (κ2) is 11.7. The molecule has 0 saturated carbocycles. The van der Waals surface area contributed by atoms with Crippen molar-refractivity contribution in [1.82, 2.24) is 15.3 Å². The SMILES string of the molecule is CCOC(=O)c1cnc(SCC(=O)OCC(=O)NCCc2ccc(F)cc2)nc1N. The molecule has 1 amide bonds. The molecule has 0 unspecified atom stereocenters. The maximum absolute atomic E-state index is 12.8. The van der Waals surface area contributed by atoms with Crippen molar-refractivity contribution in [3.05, 3.63) is 47.4 Å². The van der Waals surface area contributed by atoms with Crippen LogP contribution in [-0.2, 0) is 25.5 Å². The number of ether oxygens (including phenoxy) is 2. The number of hydrogen-bond donors (Lipinski definition) is 2. The van der Waals surface area contributed by atoms with Gasteiger partial charge < -0.3 is 20.5 Å². The summed E-state index contributed by atoms with van der Waals surface area (Å²) in [4.78, 5) is 43.0. The summed E-state index contributed by atoms with van der Waals surface area (Å²) in [5, 5.41) is 2.79. The molecule has 160 valence electrons. The van der Waals surface area contributed by atoms with E-state index in [2.05, 4.69) is 15.3 Å². The minimum Gasteiger partial charge on any atom is -0.462 e. The molecule has 1 heterocycles. The van der Waals surface area contributed by atoms with E-state index in [1.54, 1.807) is 19.1 Å². The number of halogens is 1. The Labute approximate surface area is 176 Å². The smallest absolute Gasteiger partial charge is 0.343 e. The number of rotatable bonds is 10. The van der Waals surface area contributed by atoms with Crippen LogP contribution in [0.3, 0.4) is 0 Å². The Morgan fingerprint density at radius 3 is 2.60 bits per heavy atom. The lowest BCUT2D eigenvalue weighted by Gasteiger charge is -2.07. The van der Waals surface area contributed by atoms with Gasteiger partial charge in [-0.15, -0.1) is 0 Å². The van der Waals surface area contributed by atoms with Crippen molar-refractivity contribution in [1.29, 1.82) is 0 Å². The molecular weight excluding hydrogens is 415 g/mol. The second-order valence-electron chi connectivity index (χ2n) is 5.85. The topological polar surface area (TPSA) is 134 Å². The molecule has 0 radical (unpaired) electrons. The van der Waals surface area contributed by atoms with E-state index in [1.807, 2.05) is 0 Å². The van der Waals surface area contributed by atoms with Gasteiger partial charge in [-0.3, -0.25) is 9.59 Å². The summed E-state index contributed by atoms with van der Waals surface area (Å²) in [7, 11) is 0. The normalized spacial score (nSPS) is 10.3. The van der Waals surface area contributed by atoms with Crippen LogP contribution >= 0.6 is 11.8 Å². The van der Waals surface area contributed by atoms with Gasteiger partial charge in [0.1, 0.15) is 17.2 Å². The summed E-state index contributed by atoms with van der Waals surface area (Å²) in [5.41, 5.74) is 6.62. The highest BCUT2D eigenvalue weighted by molar-refractivity contribution is 7.99. The van der Waals surface area contributed by atoms with E-state index in [-0.39, 0.29) is 34.7 Å². The number of esters is 2. The third kappa shape index (κ3) is 7.66. The van der Waals surface area contributed by atoms with Gasteiger partial charge in [-0.2, -0.15) is 0 Å². The maximum Gasteiger partial charge on any atom is 0.343 e. The summed E-state index contributed by atoms with van der Waals surface area (Å²) in [6, 6.07) is 5.95. The van der Waals surface area contributed by atoms with Crippen molar-refractivity contribution < 1.29 is 28.2 Å². The van der Waals surface area contributed by atoms with Gasteiger partial charge in [0.05, 0.1) is 12.4 Å². The third-order valence-electron chi connectivity index (χ3n) is 3.62. The standard InChI is InChI=1S/C19H21FN4O5S/c1-2-28-18(27)14-9-23-19(24-17(14)21)30-11-16(26)29-10-15(25)22-8-7-12-3-5-13(20)6-4-12/h3-6,9H,2,7-8,10-11H2,1H3,(H,22,25)(H2,21,23,24). The van der Waals surface area contributed by atoms with E-state index in [0.717, 1.165) is 17.3 Å². The molecular formula is C19H21FN4O5S. The van der Waals surface area contributed by atoms with Gasteiger partial charge in [0.2, 0.25) is 0 Å². The average molecular weight is 436 g/mol. The van der Waals surface area contributed by atoms with Gasteiger partial charge in [0.25, 0.3) is 5.91 Å². The number of aromatic nitrogens is 2. The van der Waals surface area contributed by atoms with Gasteiger partial charge >= 0.3 is 11.9 Å². The number of thioether (sulfide) groups is 1. The molecule has 0 bridgehead atoms. The molecule has 0 aliphatic rings. The van der Waals surface area contributed by atoms with Crippen molar-refractivity contribution in [2.24, 2.45) is 0 Å². The fourth-order valence-corrected chi connectivity index (χ4v) is 2.79. The van der Waals surface area contributed by atoms with Crippen LogP contribution in [0.2, 0.25) is 0 Å². The molecule has 11 heteroatoms. The van der Waals surface area contributed by atoms with Gasteiger partial charge in [-0.1, -0.05) is 23.9 Å². The molecule has 0 saturated heterocycles. The van der Waals surface area contributed by atoms with E-state index in [9.17, 15) is 18.8 Å². The predicted octanol–water partition coefficient (Wildman–Crippen LogP) is 1.37. The average Bonchev–Trinajstić information content (AvgIpc) is 2.72. The number of carbonyl (C=O) groups excluding carboxylic acids is 3. The highest BCUT2D eigenvalue weighted by Crippen LogP contribution is 2.17. The Morgan fingerprint density at radius 2 is 1.93 bits per heavy atom. The first-order chi connectivity index (χ1) is 14.4. The fourth-order valence-electron chi connectivity index (χ4n) is 2.17. The van der Waals surface area contributed by atoms with Gasteiger partial charge in [0.15, 0.2) is 11.8 Å². The molecule has 0 aliphatic heterocycles. The van der Waals surface area contributed by atoms with Crippen molar-refractivity contribution >= 4 is 35.4 Å². The van der Waals surface area contributed by atoms with E-state index >= 15 is 0 Å². The van der Waals surface area contributed by atoms with Crippen LogP contribution in [0, 0.1) is 5.82 Å². The van der Waals surface area contributed by atoms with E-state index < -0.39 is 24.5 Å². The van der Waals surface area contributed by atoms with Crippen LogP contribution in [0.5, 0.6) is 0 Å². The Hall–Kier alpha value is -3.21. The number of benzene rings is 1. The zero-order valence-electron chi connectivity index (χ0n) is 16.2. The molecule has 0 aliphatic carbocycles. The molecule has 2 aromatic rings. The van der Waals surface area contributed by atoms with Crippen LogP contribution in [0.1, 0.15) is 22.8 Å². The van der Waals surface area contributed by atoms with E-state index in [1.165, 1.54) is 18.3 Å². The quantitative estimate of drug-likeness (QED) is 0.322. The maximum atomic E-state index is 12.8. The lowest BCUT2D eigenvalue weighted by molar-refractivity contribution is -0.145. The van der Waals surface area contributed by atoms with Gasteiger partial charge in [0, 0.05) is 12.7 Å². The summed E-state index contributed by atoms with van der Waals surface area (Å²) in [6.07, 6.45) is 1.75. The van der Waals surface area contributed by atoms with Crippen molar-refractivity contribution in [3.63, 3.8) is 0 Å². The first kappa shape index (κ1) is 23.1. The number of nitrogens with zero attached hydrogens (tertiary/aromatic N) is 2. The van der Waals surface area contributed by atoms with Crippen LogP contribution in [0.4, 0.5) is 10.2 Å². The number of hydrogen-bond acceptors (Lipinski definition) is 9. The highest BCUT2D eigenvalue weighted by Gasteiger charge is 2.15. The zero-order valence-corrected chi connectivity index (χ0v) is 17.0. The monoisotopic (exact) mass is 436 g/mol. The minimum absolute atomic E-state index is 0.0427. The Bertz CT molecular complexity index is 895. The minimum atomic E-state index is -0.634. The molecule has 1 aromatic carbocycles. The molecule has 2 rings (SSSR count). The number of carbonyl (C=O) groups is 3. The first-order valence-electron chi connectivity index (χ1n) is 8.98. The Balaban J connectivity index is 1.68. The predicted molar refractivity (Wildman–Crippen MR) is 107 cm³/mol. The molecule has 9 nitrogen and oxygen atoms in total. The fraction of sp³-hybridized carbons (Fsp3) is 0.316. The number of anilines is 1. The summed E-state index contributed by atoms with van der Waals surface area (Å²) >= 11 is 0.953. The molecule has 0 atom stereocenters. The molecule has 0 spiro atoms. The largest absolute Gasteiger partial charge is 0.462 e. The highest BCUT2D eigenvalue weighted by atomic mass is 32.2. The molecule has 0 fully saturated rings. The van der Waals surface area contributed by atoms with Crippen LogP contribution in [-0.4, -0.2) is 53.3 Å². The lowest BCUT2D eigenvalue weighted by atomic mass is 10.1. The van der Waals surface area contributed by atoms with Crippen molar-refractivity contribution in [2.45, 2.75) is 18.5 Å². The second-order valence-corrected chi connectivity index (χ2v) is 6.79. The first-order valence-corrected chi connectivity index (χ1v) is 9.96. The molecule has 1 aromatic heterocycles. The summed E-state index contributed by atoms with van der Waals surface area (Å²) in [5.74, 6) is -2.23. The van der Waals surface area contributed by atoms with Crippen molar-refractivity contribution in [2.75, 3.05) is 31.2 Å². The zero-order chi connectivity index (χ0) is 21.9. The molecule has 30 heavy (non-hydrogen) atoms. The number of amides is 1.